The summed E-state index contributed by atoms with van der Waals surface area (Å²) >= 11 is 0. The van der Waals surface area contributed by atoms with E-state index in [-0.39, 0.29) is 5.91 Å². The molecule has 0 heterocycles. The Morgan fingerprint density at radius 3 is 2.36 bits per heavy atom. The maximum atomic E-state index is 12.0. The van der Waals surface area contributed by atoms with Crippen LogP contribution in [-0.2, 0) is 11.3 Å². The first kappa shape index (κ1) is 16.2. The van der Waals surface area contributed by atoms with Crippen LogP contribution in [-0.4, -0.2) is 12.5 Å². The second kappa shape index (κ2) is 7.76. The molecular weight excluding hydrogens is 272 g/mol. The fourth-order valence-corrected chi connectivity index (χ4v) is 2.50. The minimum Gasteiger partial charge on any atom is -0.326 e. The Bertz CT molecular complexity index is 629. The van der Waals surface area contributed by atoms with Crippen molar-refractivity contribution in [1.82, 2.24) is 5.32 Å². The van der Waals surface area contributed by atoms with Gasteiger partial charge in [0.1, 0.15) is 0 Å². The van der Waals surface area contributed by atoms with Gasteiger partial charge >= 0.3 is 0 Å². The summed E-state index contributed by atoms with van der Waals surface area (Å²) in [6.45, 7) is 7.64. The van der Waals surface area contributed by atoms with Gasteiger partial charge in [0.05, 0.1) is 0 Å². The van der Waals surface area contributed by atoms with Gasteiger partial charge in [0.15, 0.2) is 0 Å². The quantitative estimate of drug-likeness (QED) is 0.798. The first-order valence-corrected chi connectivity index (χ1v) is 7.68. The van der Waals surface area contributed by atoms with Gasteiger partial charge < -0.3 is 10.6 Å². The number of aryl methyl sites for hydroxylation is 3. The lowest BCUT2D eigenvalue weighted by molar-refractivity contribution is -0.116. The lowest BCUT2D eigenvalue weighted by atomic mass is 10.1. The number of amides is 1. The topological polar surface area (TPSA) is 41.1 Å². The van der Waals surface area contributed by atoms with Gasteiger partial charge in [-0.05, 0) is 55.2 Å². The maximum absolute atomic E-state index is 12.0. The largest absolute Gasteiger partial charge is 0.326 e. The van der Waals surface area contributed by atoms with Gasteiger partial charge in [0.25, 0.3) is 0 Å². The zero-order chi connectivity index (χ0) is 15.9. The molecule has 0 spiro atoms. The minimum atomic E-state index is 0.0438. The first-order chi connectivity index (χ1) is 10.5. The molecule has 2 aromatic carbocycles. The van der Waals surface area contributed by atoms with Gasteiger partial charge in [-0.25, -0.2) is 0 Å². The van der Waals surface area contributed by atoms with Crippen molar-refractivity contribution in [2.75, 3.05) is 11.9 Å². The van der Waals surface area contributed by atoms with E-state index in [1.807, 2.05) is 38.1 Å². The van der Waals surface area contributed by atoms with E-state index in [4.69, 9.17) is 0 Å². The number of carbonyl (C=O) groups excluding carboxylic acids is 1. The summed E-state index contributed by atoms with van der Waals surface area (Å²) in [6, 6.07) is 14.4. The number of carbonyl (C=O) groups is 1. The number of nitrogens with one attached hydrogen (secondary N) is 2. The van der Waals surface area contributed by atoms with Gasteiger partial charge in [-0.15, -0.1) is 0 Å². The lowest BCUT2D eigenvalue weighted by Gasteiger charge is -2.09. The predicted molar refractivity (Wildman–Crippen MR) is 92.0 cm³/mol. The van der Waals surface area contributed by atoms with Crippen molar-refractivity contribution in [3.05, 3.63) is 64.7 Å². The molecule has 0 aliphatic carbocycles. The molecule has 1 amide bonds. The van der Waals surface area contributed by atoms with E-state index in [0.29, 0.717) is 13.0 Å². The SMILES string of the molecule is Cc1cc(C)cc(NC(=O)CCNCc2ccccc2C)c1. The third kappa shape index (κ3) is 5.01. The minimum absolute atomic E-state index is 0.0438. The summed E-state index contributed by atoms with van der Waals surface area (Å²) in [4.78, 5) is 12.0. The Labute approximate surface area is 132 Å². The number of benzene rings is 2. The number of hydrogen-bond acceptors (Lipinski definition) is 2. The van der Waals surface area contributed by atoms with Gasteiger partial charge in [0, 0.05) is 25.2 Å². The Morgan fingerprint density at radius 2 is 1.68 bits per heavy atom. The van der Waals surface area contributed by atoms with Crippen LogP contribution in [0.1, 0.15) is 28.7 Å². The molecule has 0 atom stereocenters. The van der Waals surface area contributed by atoms with Crippen LogP contribution < -0.4 is 10.6 Å². The lowest BCUT2D eigenvalue weighted by Crippen LogP contribution is -2.21. The smallest absolute Gasteiger partial charge is 0.225 e. The normalized spacial score (nSPS) is 10.5. The highest BCUT2D eigenvalue weighted by Crippen LogP contribution is 2.13. The summed E-state index contributed by atoms with van der Waals surface area (Å²) in [5, 5.41) is 6.28. The summed E-state index contributed by atoms with van der Waals surface area (Å²) in [6.07, 6.45) is 0.471. The van der Waals surface area contributed by atoms with Crippen molar-refractivity contribution in [1.29, 1.82) is 0 Å². The van der Waals surface area contributed by atoms with Gasteiger partial charge in [-0.1, -0.05) is 30.3 Å². The molecule has 0 fully saturated rings. The molecule has 0 aliphatic rings. The Hall–Kier alpha value is -2.13. The first-order valence-electron chi connectivity index (χ1n) is 7.68. The van der Waals surface area contributed by atoms with Crippen LogP contribution in [0.15, 0.2) is 42.5 Å². The molecule has 3 heteroatoms. The fourth-order valence-electron chi connectivity index (χ4n) is 2.50. The molecule has 2 aromatic rings. The number of rotatable bonds is 6. The molecule has 22 heavy (non-hydrogen) atoms. The molecule has 0 bridgehead atoms. The standard InChI is InChI=1S/C19H24N2O/c1-14-10-15(2)12-18(11-14)21-19(22)8-9-20-13-17-7-5-4-6-16(17)3/h4-7,10-12,20H,8-9,13H2,1-3H3,(H,21,22). The van der Waals surface area contributed by atoms with Gasteiger partial charge in [-0.2, -0.15) is 0 Å². The predicted octanol–water partition coefficient (Wildman–Crippen LogP) is 3.73. The van der Waals surface area contributed by atoms with Crippen molar-refractivity contribution in [3.8, 4) is 0 Å². The highest BCUT2D eigenvalue weighted by Gasteiger charge is 2.03. The van der Waals surface area contributed by atoms with Crippen LogP contribution >= 0.6 is 0 Å². The molecule has 0 radical (unpaired) electrons. The molecule has 2 rings (SSSR count). The van der Waals surface area contributed by atoms with Gasteiger partial charge in [-0.3, -0.25) is 4.79 Å². The summed E-state index contributed by atoms with van der Waals surface area (Å²) in [7, 11) is 0. The average Bonchev–Trinajstić information content (AvgIpc) is 2.44. The van der Waals surface area contributed by atoms with Crippen molar-refractivity contribution in [2.45, 2.75) is 33.7 Å². The summed E-state index contributed by atoms with van der Waals surface area (Å²) in [5.74, 6) is 0.0438. The number of anilines is 1. The molecule has 3 nitrogen and oxygen atoms in total. The zero-order valence-corrected chi connectivity index (χ0v) is 13.6. The molecular formula is C19H24N2O. The molecule has 0 saturated heterocycles. The van der Waals surface area contributed by atoms with Crippen molar-refractivity contribution in [2.24, 2.45) is 0 Å². The molecule has 0 aliphatic heterocycles. The van der Waals surface area contributed by atoms with Crippen LogP contribution in [0, 0.1) is 20.8 Å². The number of hydrogen-bond donors (Lipinski definition) is 2. The van der Waals surface area contributed by atoms with Crippen LogP contribution in [0.5, 0.6) is 0 Å². The van der Waals surface area contributed by atoms with E-state index in [9.17, 15) is 4.79 Å². The highest BCUT2D eigenvalue weighted by molar-refractivity contribution is 5.91. The van der Waals surface area contributed by atoms with Crippen LogP contribution in [0.25, 0.3) is 0 Å². The van der Waals surface area contributed by atoms with Crippen LogP contribution in [0.2, 0.25) is 0 Å². The van der Waals surface area contributed by atoms with Gasteiger partial charge in [0.2, 0.25) is 5.91 Å². The fraction of sp³-hybridized carbons (Fsp3) is 0.316. The molecule has 0 unspecified atom stereocenters. The third-order valence-electron chi connectivity index (χ3n) is 3.61. The van der Waals surface area contributed by atoms with Crippen LogP contribution in [0.3, 0.4) is 0 Å². The molecule has 0 saturated carbocycles. The summed E-state index contributed by atoms with van der Waals surface area (Å²) < 4.78 is 0. The average molecular weight is 296 g/mol. The van der Waals surface area contributed by atoms with Crippen LogP contribution in [0.4, 0.5) is 5.69 Å². The second-order valence-electron chi connectivity index (χ2n) is 5.78. The highest BCUT2D eigenvalue weighted by atomic mass is 16.1. The maximum Gasteiger partial charge on any atom is 0.225 e. The molecule has 0 aromatic heterocycles. The van der Waals surface area contributed by atoms with E-state index in [0.717, 1.165) is 23.4 Å². The van der Waals surface area contributed by atoms with Crippen molar-refractivity contribution >= 4 is 11.6 Å². The Balaban J connectivity index is 1.75. The Kier molecular flexibility index (Phi) is 5.73. The summed E-state index contributed by atoms with van der Waals surface area (Å²) in [5.41, 5.74) is 5.74. The third-order valence-corrected chi connectivity index (χ3v) is 3.61. The van der Waals surface area contributed by atoms with Crippen molar-refractivity contribution in [3.63, 3.8) is 0 Å². The van der Waals surface area contributed by atoms with E-state index in [2.05, 4.69) is 35.8 Å². The molecule has 2 N–H and O–H groups in total. The van der Waals surface area contributed by atoms with E-state index in [1.165, 1.54) is 11.1 Å². The second-order valence-corrected chi connectivity index (χ2v) is 5.78. The van der Waals surface area contributed by atoms with E-state index < -0.39 is 0 Å². The van der Waals surface area contributed by atoms with E-state index in [1.54, 1.807) is 0 Å². The van der Waals surface area contributed by atoms with E-state index >= 15 is 0 Å². The zero-order valence-electron chi connectivity index (χ0n) is 13.6. The molecule has 116 valence electrons. The van der Waals surface area contributed by atoms with Crippen molar-refractivity contribution < 1.29 is 4.79 Å². The Morgan fingerprint density at radius 1 is 1.00 bits per heavy atom. The monoisotopic (exact) mass is 296 g/mol.